The highest BCUT2D eigenvalue weighted by Gasteiger charge is 2.11. The molecular weight excluding hydrogens is 340 g/mol. The lowest BCUT2D eigenvalue weighted by molar-refractivity contribution is -0.384. The molecule has 25 heavy (non-hydrogen) atoms. The third-order valence-corrected chi connectivity index (χ3v) is 4.41. The average Bonchev–Trinajstić information content (AvgIpc) is 3.31. The molecule has 0 aliphatic rings. The molecule has 0 radical (unpaired) electrons. The third-order valence-electron chi connectivity index (χ3n) is 3.60. The number of nitro groups is 1. The summed E-state index contributed by atoms with van der Waals surface area (Å²) >= 11 is 1.52. The highest BCUT2D eigenvalue weighted by molar-refractivity contribution is 7.16. The van der Waals surface area contributed by atoms with Crippen LogP contribution in [0.3, 0.4) is 0 Å². The van der Waals surface area contributed by atoms with Crippen molar-refractivity contribution in [1.82, 2.24) is 19.7 Å². The molecule has 0 saturated heterocycles. The SMILES string of the molecule is O=[N+]([O-])c1cccc(CNc2nc(-n3cccn3)nc3sccc23)c1. The number of hydrogen-bond donors (Lipinski definition) is 1. The van der Waals surface area contributed by atoms with Crippen molar-refractivity contribution in [1.29, 1.82) is 0 Å². The van der Waals surface area contributed by atoms with E-state index in [-0.39, 0.29) is 5.69 Å². The van der Waals surface area contributed by atoms with E-state index < -0.39 is 4.92 Å². The summed E-state index contributed by atoms with van der Waals surface area (Å²) in [5, 5.41) is 21.2. The fraction of sp³-hybridized carbons (Fsp3) is 0.0625. The fourth-order valence-electron chi connectivity index (χ4n) is 2.43. The van der Waals surface area contributed by atoms with Crippen LogP contribution < -0.4 is 5.32 Å². The maximum Gasteiger partial charge on any atom is 0.269 e. The number of nitrogens with one attached hydrogen (secondary N) is 1. The number of anilines is 1. The first-order chi connectivity index (χ1) is 12.2. The summed E-state index contributed by atoms with van der Waals surface area (Å²) in [6.07, 6.45) is 3.44. The van der Waals surface area contributed by atoms with Gasteiger partial charge in [-0.25, -0.2) is 4.68 Å². The average molecular weight is 352 g/mol. The molecule has 0 spiro atoms. The van der Waals surface area contributed by atoms with Gasteiger partial charge in [0, 0.05) is 31.1 Å². The maximum atomic E-state index is 10.9. The molecule has 1 N–H and O–H groups in total. The maximum absolute atomic E-state index is 10.9. The summed E-state index contributed by atoms with van der Waals surface area (Å²) in [5.74, 6) is 1.14. The standard InChI is InChI=1S/C16H12N6O2S/c23-22(24)12-4-1-3-11(9-12)10-17-14-13-5-8-25-15(13)20-16(19-14)21-7-2-6-18-21/h1-9H,10H2,(H,17,19,20). The minimum Gasteiger partial charge on any atom is -0.365 e. The Morgan fingerprint density at radius 2 is 2.16 bits per heavy atom. The first kappa shape index (κ1) is 15.2. The van der Waals surface area contributed by atoms with Gasteiger partial charge in [0.05, 0.1) is 10.3 Å². The van der Waals surface area contributed by atoms with Crippen LogP contribution in [0.4, 0.5) is 11.5 Å². The van der Waals surface area contributed by atoms with Gasteiger partial charge in [-0.1, -0.05) is 12.1 Å². The number of nitrogens with zero attached hydrogens (tertiary/aromatic N) is 5. The highest BCUT2D eigenvalue weighted by Crippen LogP contribution is 2.26. The zero-order chi connectivity index (χ0) is 17.2. The zero-order valence-corrected chi connectivity index (χ0v) is 13.7. The number of non-ortho nitro benzene ring substituents is 1. The topological polar surface area (TPSA) is 98.8 Å². The molecule has 4 aromatic rings. The van der Waals surface area contributed by atoms with Crippen molar-refractivity contribution < 1.29 is 4.92 Å². The predicted octanol–water partition coefficient (Wildman–Crippen LogP) is 3.40. The number of rotatable bonds is 5. The largest absolute Gasteiger partial charge is 0.365 e. The van der Waals surface area contributed by atoms with Crippen molar-refractivity contribution >= 4 is 33.1 Å². The van der Waals surface area contributed by atoms with Gasteiger partial charge in [-0.2, -0.15) is 15.1 Å². The summed E-state index contributed by atoms with van der Waals surface area (Å²) in [4.78, 5) is 20.4. The summed E-state index contributed by atoms with van der Waals surface area (Å²) in [6.45, 7) is 0.419. The van der Waals surface area contributed by atoms with E-state index in [1.807, 2.05) is 17.5 Å². The second-order valence-corrected chi connectivity index (χ2v) is 6.14. The van der Waals surface area contributed by atoms with Crippen LogP contribution in [0.5, 0.6) is 0 Å². The molecular formula is C16H12N6O2S. The Hall–Kier alpha value is -3.33. The summed E-state index contributed by atoms with van der Waals surface area (Å²) in [7, 11) is 0. The smallest absolute Gasteiger partial charge is 0.269 e. The summed E-state index contributed by atoms with van der Waals surface area (Å²) in [6, 6.07) is 10.3. The van der Waals surface area contributed by atoms with Crippen LogP contribution in [-0.4, -0.2) is 24.7 Å². The lowest BCUT2D eigenvalue weighted by Crippen LogP contribution is -2.07. The van der Waals surface area contributed by atoms with Crippen molar-refractivity contribution in [2.75, 3.05) is 5.32 Å². The van der Waals surface area contributed by atoms with Gasteiger partial charge >= 0.3 is 0 Å². The van der Waals surface area contributed by atoms with E-state index in [4.69, 9.17) is 0 Å². The molecule has 0 saturated carbocycles. The molecule has 0 fully saturated rings. The third kappa shape index (κ3) is 3.04. The molecule has 8 nitrogen and oxygen atoms in total. The second kappa shape index (κ2) is 6.29. The number of nitro benzene ring substituents is 1. The highest BCUT2D eigenvalue weighted by atomic mass is 32.1. The van der Waals surface area contributed by atoms with Crippen LogP contribution in [-0.2, 0) is 6.54 Å². The number of thiophene rings is 1. The Balaban J connectivity index is 1.66. The summed E-state index contributed by atoms with van der Waals surface area (Å²) < 4.78 is 1.59. The Bertz CT molecular complexity index is 1040. The molecule has 1 aromatic carbocycles. The van der Waals surface area contributed by atoms with Crippen LogP contribution in [0.15, 0.2) is 54.2 Å². The minimum atomic E-state index is -0.402. The molecule has 3 heterocycles. The van der Waals surface area contributed by atoms with E-state index >= 15 is 0 Å². The van der Waals surface area contributed by atoms with E-state index in [1.54, 1.807) is 35.3 Å². The van der Waals surface area contributed by atoms with E-state index in [9.17, 15) is 10.1 Å². The minimum absolute atomic E-state index is 0.0693. The van der Waals surface area contributed by atoms with Gasteiger partial charge in [0.2, 0.25) is 0 Å². The first-order valence-electron chi connectivity index (χ1n) is 7.43. The van der Waals surface area contributed by atoms with E-state index in [0.29, 0.717) is 18.3 Å². The number of aromatic nitrogens is 4. The quantitative estimate of drug-likeness (QED) is 0.436. The fourth-order valence-corrected chi connectivity index (χ4v) is 3.19. The van der Waals surface area contributed by atoms with Crippen molar-refractivity contribution in [3.8, 4) is 5.95 Å². The normalized spacial score (nSPS) is 10.9. The molecule has 4 rings (SSSR count). The van der Waals surface area contributed by atoms with Crippen LogP contribution in [0.25, 0.3) is 16.2 Å². The monoisotopic (exact) mass is 352 g/mol. The molecule has 0 atom stereocenters. The number of hydrogen-bond acceptors (Lipinski definition) is 7. The Morgan fingerprint density at radius 3 is 2.96 bits per heavy atom. The van der Waals surface area contributed by atoms with Gasteiger partial charge in [-0.05, 0) is 23.1 Å². The van der Waals surface area contributed by atoms with Gasteiger partial charge < -0.3 is 5.32 Å². The Kier molecular flexibility index (Phi) is 3.82. The van der Waals surface area contributed by atoms with E-state index in [2.05, 4.69) is 20.4 Å². The van der Waals surface area contributed by atoms with Crippen LogP contribution in [0, 0.1) is 10.1 Å². The lowest BCUT2D eigenvalue weighted by Gasteiger charge is -2.09. The van der Waals surface area contributed by atoms with Crippen molar-refractivity contribution in [3.05, 3.63) is 69.8 Å². The second-order valence-electron chi connectivity index (χ2n) is 5.24. The van der Waals surface area contributed by atoms with Crippen molar-refractivity contribution in [2.45, 2.75) is 6.54 Å². The van der Waals surface area contributed by atoms with Crippen molar-refractivity contribution in [2.24, 2.45) is 0 Å². The molecule has 0 aliphatic carbocycles. The van der Waals surface area contributed by atoms with Gasteiger partial charge in [-0.15, -0.1) is 11.3 Å². The van der Waals surface area contributed by atoms with Gasteiger partial charge in [0.1, 0.15) is 10.6 Å². The Morgan fingerprint density at radius 1 is 1.24 bits per heavy atom. The lowest BCUT2D eigenvalue weighted by atomic mass is 10.2. The van der Waals surface area contributed by atoms with Crippen LogP contribution in [0.2, 0.25) is 0 Å². The first-order valence-corrected chi connectivity index (χ1v) is 8.31. The number of benzene rings is 1. The van der Waals surface area contributed by atoms with E-state index in [0.717, 1.165) is 15.8 Å². The van der Waals surface area contributed by atoms with Gasteiger partial charge in [0.25, 0.3) is 11.6 Å². The number of fused-ring (bicyclic) bond motifs is 1. The molecule has 3 aromatic heterocycles. The molecule has 9 heteroatoms. The van der Waals surface area contributed by atoms with Gasteiger partial charge in [-0.3, -0.25) is 10.1 Å². The van der Waals surface area contributed by atoms with Crippen LogP contribution >= 0.6 is 11.3 Å². The molecule has 0 bridgehead atoms. The van der Waals surface area contributed by atoms with E-state index in [1.165, 1.54) is 17.4 Å². The molecule has 0 unspecified atom stereocenters. The zero-order valence-electron chi connectivity index (χ0n) is 12.9. The van der Waals surface area contributed by atoms with Crippen molar-refractivity contribution in [3.63, 3.8) is 0 Å². The molecule has 0 aliphatic heterocycles. The molecule has 124 valence electrons. The summed E-state index contributed by atoms with van der Waals surface area (Å²) in [5.41, 5.74) is 0.872. The predicted molar refractivity (Wildman–Crippen MR) is 95.0 cm³/mol. The van der Waals surface area contributed by atoms with Crippen LogP contribution in [0.1, 0.15) is 5.56 Å². The Labute approximate surface area is 145 Å². The molecule has 0 amide bonds. The van der Waals surface area contributed by atoms with Gasteiger partial charge in [0.15, 0.2) is 0 Å².